The zero-order valence-corrected chi connectivity index (χ0v) is 9.28. The number of nitrogens with zero attached hydrogens (tertiary/aromatic N) is 2. The summed E-state index contributed by atoms with van der Waals surface area (Å²) in [6, 6.07) is 2.23. The van der Waals surface area contributed by atoms with E-state index in [1.807, 2.05) is 11.7 Å². The van der Waals surface area contributed by atoms with Gasteiger partial charge < -0.3 is 4.79 Å². The van der Waals surface area contributed by atoms with Crippen LogP contribution in [0.15, 0.2) is 6.07 Å². The van der Waals surface area contributed by atoms with Gasteiger partial charge in [0.15, 0.2) is 0 Å². The van der Waals surface area contributed by atoms with E-state index in [0.29, 0.717) is 6.42 Å². The number of carbonyl (C=O) groups is 1. The van der Waals surface area contributed by atoms with Gasteiger partial charge in [-0.2, -0.15) is 5.10 Å². The minimum Gasteiger partial charge on any atom is -0.303 e. The number of rotatable bonds is 6. The zero-order chi connectivity index (χ0) is 10.7. The molecule has 0 bridgehead atoms. The molecule has 1 aromatic heterocycles. The first-order valence-electron chi connectivity index (χ1n) is 5.77. The van der Waals surface area contributed by atoms with Gasteiger partial charge in [-0.05, 0) is 38.2 Å². The van der Waals surface area contributed by atoms with Crippen LogP contribution in [-0.2, 0) is 18.3 Å². The zero-order valence-electron chi connectivity index (χ0n) is 9.28. The van der Waals surface area contributed by atoms with Gasteiger partial charge in [-0.15, -0.1) is 0 Å². The highest BCUT2D eigenvalue weighted by molar-refractivity contribution is 5.48. The lowest BCUT2D eigenvalue weighted by atomic mass is 10.1. The van der Waals surface area contributed by atoms with Crippen LogP contribution in [0.4, 0.5) is 0 Å². The summed E-state index contributed by atoms with van der Waals surface area (Å²) < 4.78 is 2.02. The molecule has 0 amide bonds. The summed E-state index contributed by atoms with van der Waals surface area (Å²) in [5.41, 5.74) is 2.57. The Labute approximate surface area is 90.5 Å². The maximum atomic E-state index is 10.2. The Hall–Kier alpha value is -1.12. The molecule has 3 heteroatoms. The number of unbranched alkanes of at least 4 members (excludes halogenated alkanes) is 2. The van der Waals surface area contributed by atoms with Crippen LogP contribution in [0.2, 0.25) is 0 Å². The number of aldehydes is 1. The van der Waals surface area contributed by atoms with E-state index in [-0.39, 0.29) is 0 Å². The molecule has 1 aliphatic rings. The van der Waals surface area contributed by atoms with E-state index in [9.17, 15) is 4.79 Å². The Kier molecular flexibility index (Phi) is 3.19. The van der Waals surface area contributed by atoms with Gasteiger partial charge in [0.05, 0.1) is 5.69 Å². The van der Waals surface area contributed by atoms with Crippen molar-refractivity contribution in [3.63, 3.8) is 0 Å². The molecule has 0 unspecified atom stereocenters. The molecule has 1 heterocycles. The minimum atomic E-state index is 0.683. The number of carbonyl (C=O) groups excluding carboxylic acids is 1. The fourth-order valence-electron chi connectivity index (χ4n) is 1.96. The molecule has 82 valence electrons. The van der Waals surface area contributed by atoms with Crippen LogP contribution in [-0.4, -0.2) is 16.1 Å². The van der Waals surface area contributed by atoms with Gasteiger partial charge in [0, 0.05) is 25.1 Å². The van der Waals surface area contributed by atoms with E-state index in [1.54, 1.807) is 0 Å². The second-order valence-corrected chi connectivity index (χ2v) is 4.37. The topological polar surface area (TPSA) is 34.9 Å². The van der Waals surface area contributed by atoms with Crippen molar-refractivity contribution in [3.05, 3.63) is 17.5 Å². The largest absolute Gasteiger partial charge is 0.303 e. The van der Waals surface area contributed by atoms with Crippen LogP contribution in [0.3, 0.4) is 0 Å². The summed E-state index contributed by atoms with van der Waals surface area (Å²) in [4.78, 5) is 10.2. The molecule has 0 N–H and O–H groups in total. The van der Waals surface area contributed by atoms with Crippen molar-refractivity contribution in [1.29, 1.82) is 0 Å². The maximum absolute atomic E-state index is 10.2. The van der Waals surface area contributed by atoms with Gasteiger partial charge in [0.25, 0.3) is 0 Å². The standard InChI is InChI=1S/C12H18N2O/c1-14-12(10-6-7-10)9-11(13-14)5-3-2-4-8-15/h8-10H,2-7H2,1H3. The van der Waals surface area contributed by atoms with E-state index in [1.165, 1.54) is 24.2 Å². The molecule has 1 aliphatic carbocycles. The Morgan fingerprint density at radius 1 is 1.53 bits per heavy atom. The Balaban J connectivity index is 1.85. The van der Waals surface area contributed by atoms with Gasteiger partial charge in [-0.3, -0.25) is 4.68 Å². The smallest absolute Gasteiger partial charge is 0.119 e. The summed E-state index contributed by atoms with van der Waals surface area (Å²) >= 11 is 0. The highest BCUT2D eigenvalue weighted by Gasteiger charge is 2.26. The lowest BCUT2D eigenvalue weighted by molar-refractivity contribution is -0.107. The molecule has 15 heavy (non-hydrogen) atoms. The molecule has 0 aliphatic heterocycles. The summed E-state index contributed by atoms with van der Waals surface area (Å²) in [7, 11) is 2.03. The second kappa shape index (κ2) is 4.60. The van der Waals surface area contributed by atoms with E-state index in [4.69, 9.17) is 0 Å². The predicted molar refractivity (Wildman–Crippen MR) is 58.8 cm³/mol. The molecule has 0 atom stereocenters. The molecule has 3 nitrogen and oxygen atoms in total. The minimum absolute atomic E-state index is 0.683. The van der Waals surface area contributed by atoms with Crippen molar-refractivity contribution >= 4 is 6.29 Å². The molecule has 1 saturated carbocycles. The third-order valence-corrected chi connectivity index (χ3v) is 2.97. The lowest BCUT2D eigenvalue weighted by Gasteiger charge is -1.95. The van der Waals surface area contributed by atoms with E-state index < -0.39 is 0 Å². The molecule has 2 rings (SSSR count). The van der Waals surface area contributed by atoms with E-state index in [0.717, 1.165) is 31.5 Å². The normalized spacial score (nSPS) is 15.5. The fraction of sp³-hybridized carbons (Fsp3) is 0.667. The average Bonchev–Trinajstić information content (AvgIpc) is 2.99. The van der Waals surface area contributed by atoms with Crippen molar-refractivity contribution < 1.29 is 4.79 Å². The average molecular weight is 206 g/mol. The first-order valence-corrected chi connectivity index (χ1v) is 5.77. The quantitative estimate of drug-likeness (QED) is 0.528. The lowest BCUT2D eigenvalue weighted by Crippen LogP contribution is -1.96. The van der Waals surface area contributed by atoms with Gasteiger partial charge in [-0.25, -0.2) is 0 Å². The monoisotopic (exact) mass is 206 g/mol. The molecule has 0 radical (unpaired) electrons. The summed E-state index contributed by atoms with van der Waals surface area (Å²) in [6.45, 7) is 0. The van der Waals surface area contributed by atoms with Gasteiger partial charge in [0.1, 0.15) is 6.29 Å². The number of hydrogen-bond acceptors (Lipinski definition) is 2. The number of hydrogen-bond donors (Lipinski definition) is 0. The molecular formula is C12H18N2O. The Bertz CT molecular complexity index is 339. The molecule has 0 saturated heterocycles. The molecule has 0 spiro atoms. The first kappa shape index (κ1) is 10.4. The maximum Gasteiger partial charge on any atom is 0.119 e. The highest BCUT2D eigenvalue weighted by Crippen LogP contribution is 2.39. The fourth-order valence-corrected chi connectivity index (χ4v) is 1.96. The van der Waals surface area contributed by atoms with Crippen molar-refractivity contribution in [2.24, 2.45) is 7.05 Å². The number of aromatic nitrogens is 2. The van der Waals surface area contributed by atoms with Crippen molar-refractivity contribution in [2.75, 3.05) is 0 Å². The van der Waals surface area contributed by atoms with Crippen LogP contribution in [0.25, 0.3) is 0 Å². The van der Waals surface area contributed by atoms with Crippen LogP contribution in [0.5, 0.6) is 0 Å². The Morgan fingerprint density at radius 2 is 2.33 bits per heavy atom. The molecular weight excluding hydrogens is 188 g/mol. The van der Waals surface area contributed by atoms with Crippen molar-refractivity contribution in [3.8, 4) is 0 Å². The first-order chi connectivity index (χ1) is 7.31. The number of aryl methyl sites for hydroxylation is 2. The van der Waals surface area contributed by atoms with Gasteiger partial charge >= 0.3 is 0 Å². The summed E-state index contributed by atoms with van der Waals surface area (Å²) in [5, 5.41) is 4.50. The highest BCUT2D eigenvalue weighted by atomic mass is 16.1. The van der Waals surface area contributed by atoms with Gasteiger partial charge in [-0.1, -0.05) is 0 Å². The second-order valence-electron chi connectivity index (χ2n) is 4.37. The van der Waals surface area contributed by atoms with Crippen LogP contribution in [0.1, 0.15) is 49.4 Å². The van der Waals surface area contributed by atoms with Gasteiger partial charge in [0.2, 0.25) is 0 Å². The summed E-state index contributed by atoms with van der Waals surface area (Å²) in [6.07, 6.45) is 7.39. The Morgan fingerprint density at radius 3 is 3.00 bits per heavy atom. The van der Waals surface area contributed by atoms with E-state index in [2.05, 4.69) is 11.2 Å². The van der Waals surface area contributed by atoms with Crippen LogP contribution in [0, 0.1) is 0 Å². The SMILES string of the molecule is Cn1nc(CCCCC=O)cc1C1CC1. The third kappa shape index (κ3) is 2.67. The molecule has 1 fully saturated rings. The molecule has 1 aromatic rings. The van der Waals surface area contributed by atoms with E-state index >= 15 is 0 Å². The van der Waals surface area contributed by atoms with Crippen molar-refractivity contribution in [2.45, 2.75) is 44.4 Å². The van der Waals surface area contributed by atoms with Crippen LogP contribution >= 0.6 is 0 Å². The predicted octanol–water partition coefficient (Wildman–Crippen LogP) is 2.21. The molecule has 0 aromatic carbocycles. The summed E-state index contributed by atoms with van der Waals surface area (Å²) in [5.74, 6) is 0.770. The van der Waals surface area contributed by atoms with Crippen molar-refractivity contribution in [1.82, 2.24) is 9.78 Å². The van der Waals surface area contributed by atoms with Crippen LogP contribution < -0.4 is 0 Å². The third-order valence-electron chi connectivity index (χ3n) is 2.97.